The van der Waals surface area contributed by atoms with Crippen molar-refractivity contribution in [3.63, 3.8) is 0 Å². The fourth-order valence-electron chi connectivity index (χ4n) is 3.72. The highest BCUT2D eigenvalue weighted by atomic mass is 16.4. The van der Waals surface area contributed by atoms with Crippen LogP contribution in [-0.4, -0.2) is 22.3 Å². The van der Waals surface area contributed by atoms with Crippen LogP contribution < -0.4 is 5.73 Å². The number of furan rings is 1. The Hall–Kier alpha value is -2.86. The van der Waals surface area contributed by atoms with Crippen molar-refractivity contribution in [2.45, 2.75) is 45.2 Å². The van der Waals surface area contributed by atoms with Crippen LogP contribution in [-0.2, 0) is 6.54 Å². The number of aromatic nitrogens is 1. The number of hydrogen-bond donors (Lipinski definition) is 1. The maximum atomic E-state index is 13.0. The second kappa shape index (κ2) is 7.64. The van der Waals surface area contributed by atoms with Gasteiger partial charge in [0.25, 0.3) is 5.91 Å². The third kappa shape index (κ3) is 3.36. The van der Waals surface area contributed by atoms with E-state index in [9.17, 15) is 4.79 Å². The van der Waals surface area contributed by atoms with Gasteiger partial charge in [0, 0.05) is 18.0 Å². The molecule has 0 bridgehead atoms. The normalized spacial score (nSPS) is 16.9. The molecule has 6 nitrogen and oxygen atoms in total. The summed E-state index contributed by atoms with van der Waals surface area (Å²) in [6.45, 7) is 5.13. The van der Waals surface area contributed by atoms with Gasteiger partial charge in [0.2, 0.25) is 5.89 Å². The van der Waals surface area contributed by atoms with Crippen molar-refractivity contribution >= 4 is 5.91 Å². The summed E-state index contributed by atoms with van der Waals surface area (Å²) in [5.41, 5.74) is 8.00. The number of nitrogens with two attached hydrogens (primary N) is 1. The monoisotopic (exact) mass is 379 g/mol. The van der Waals surface area contributed by atoms with E-state index in [0.717, 1.165) is 29.9 Å². The molecule has 3 aromatic rings. The second-order valence-electron chi connectivity index (χ2n) is 7.45. The van der Waals surface area contributed by atoms with E-state index in [1.54, 1.807) is 6.07 Å². The summed E-state index contributed by atoms with van der Waals surface area (Å²) in [4.78, 5) is 19.7. The lowest BCUT2D eigenvalue weighted by atomic mass is 10.0. The van der Waals surface area contributed by atoms with Gasteiger partial charge in [-0.15, -0.1) is 0 Å². The van der Waals surface area contributed by atoms with Crippen LogP contribution in [0.1, 0.15) is 66.4 Å². The lowest BCUT2D eigenvalue weighted by molar-refractivity contribution is 0.0713. The SMILES string of the molecule is CC(C)c1oc(C2CCCN2C(=O)c2coc(CN)c2)nc1-c1ccccc1. The van der Waals surface area contributed by atoms with E-state index in [2.05, 4.69) is 13.8 Å². The molecule has 1 aliphatic rings. The summed E-state index contributed by atoms with van der Waals surface area (Å²) < 4.78 is 11.5. The Morgan fingerprint density at radius 2 is 2.11 bits per heavy atom. The molecule has 0 aliphatic carbocycles. The number of nitrogens with zero attached hydrogens (tertiary/aromatic N) is 2. The first-order valence-electron chi connectivity index (χ1n) is 9.73. The quantitative estimate of drug-likeness (QED) is 0.706. The van der Waals surface area contributed by atoms with Crippen LogP contribution in [0.25, 0.3) is 11.3 Å². The third-order valence-corrected chi connectivity index (χ3v) is 5.14. The Labute approximate surface area is 164 Å². The third-order valence-electron chi connectivity index (χ3n) is 5.14. The lowest BCUT2D eigenvalue weighted by Gasteiger charge is -2.21. The van der Waals surface area contributed by atoms with Crippen molar-refractivity contribution < 1.29 is 13.6 Å². The van der Waals surface area contributed by atoms with Crippen molar-refractivity contribution in [1.29, 1.82) is 0 Å². The smallest absolute Gasteiger partial charge is 0.257 e. The number of amides is 1. The van der Waals surface area contributed by atoms with Crippen molar-refractivity contribution in [1.82, 2.24) is 9.88 Å². The van der Waals surface area contributed by atoms with Gasteiger partial charge in [-0.25, -0.2) is 4.98 Å². The van der Waals surface area contributed by atoms with Crippen LogP contribution in [0.3, 0.4) is 0 Å². The number of oxazole rings is 1. The van der Waals surface area contributed by atoms with E-state index in [1.807, 2.05) is 35.2 Å². The molecule has 6 heteroatoms. The second-order valence-corrected chi connectivity index (χ2v) is 7.45. The zero-order valence-corrected chi connectivity index (χ0v) is 16.2. The van der Waals surface area contributed by atoms with Crippen LogP contribution in [0.4, 0.5) is 0 Å². The standard InChI is InChI=1S/C22H25N3O3/c1-14(2)20-19(15-7-4-3-5-8-15)24-21(28-20)18-9-6-10-25(18)22(26)16-11-17(12-23)27-13-16/h3-5,7-8,11,13-14,18H,6,9-10,12,23H2,1-2H3. The predicted molar refractivity (Wildman–Crippen MR) is 106 cm³/mol. The van der Waals surface area contributed by atoms with Gasteiger partial charge in [-0.2, -0.15) is 0 Å². The number of rotatable bonds is 5. The predicted octanol–water partition coefficient (Wildman–Crippen LogP) is 4.49. The number of hydrogen-bond acceptors (Lipinski definition) is 5. The average molecular weight is 379 g/mol. The Kier molecular flexibility index (Phi) is 5.05. The van der Waals surface area contributed by atoms with Gasteiger partial charge in [0.1, 0.15) is 29.5 Å². The molecule has 0 radical (unpaired) electrons. The van der Waals surface area contributed by atoms with Crippen molar-refractivity contribution in [3.05, 3.63) is 65.6 Å². The van der Waals surface area contributed by atoms with E-state index < -0.39 is 0 Å². The summed E-state index contributed by atoms with van der Waals surface area (Å²) >= 11 is 0. The largest absolute Gasteiger partial charge is 0.467 e. The van der Waals surface area contributed by atoms with Gasteiger partial charge >= 0.3 is 0 Å². The molecular weight excluding hydrogens is 354 g/mol. The first-order chi connectivity index (χ1) is 13.6. The minimum Gasteiger partial charge on any atom is -0.467 e. The minimum atomic E-state index is -0.168. The van der Waals surface area contributed by atoms with E-state index in [1.165, 1.54) is 6.26 Å². The van der Waals surface area contributed by atoms with Crippen LogP contribution in [0.5, 0.6) is 0 Å². The summed E-state index contributed by atoms with van der Waals surface area (Å²) in [5, 5.41) is 0. The van der Waals surface area contributed by atoms with Crippen LogP contribution >= 0.6 is 0 Å². The van der Waals surface area contributed by atoms with E-state index in [-0.39, 0.29) is 24.4 Å². The van der Waals surface area contributed by atoms with Crippen LogP contribution in [0.15, 0.2) is 51.5 Å². The van der Waals surface area contributed by atoms with Crippen molar-refractivity contribution in [3.8, 4) is 11.3 Å². The molecule has 28 heavy (non-hydrogen) atoms. The van der Waals surface area contributed by atoms with Gasteiger partial charge in [0.05, 0.1) is 12.1 Å². The first-order valence-corrected chi connectivity index (χ1v) is 9.73. The van der Waals surface area contributed by atoms with Crippen molar-refractivity contribution in [2.75, 3.05) is 6.54 Å². The molecular formula is C22H25N3O3. The number of benzene rings is 1. The van der Waals surface area contributed by atoms with Gasteiger partial charge in [-0.05, 0) is 18.9 Å². The fraction of sp³-hybridized carbons (Fsp3) is 0.364. The highest BCUT2D eigenvalue weighted by Gasteiger charge is 2.35. The molecule has 146 valence electrons. The summed E-state index contributed by atoms with van der Waals surface area (Å²) in [5.74, 6) is 2.19. The molecule has 2 aromatic heterocycles. The number of carbonyl (C=O) groups excluding carboxylic acids is 1. The maximum absolute atomic E-state index is 13.0. The minimum absolute atomic E-state index is 0.0727. The Bertz CT molecular complexity index is 959. The highest BCUT2D eigenvalue weighted by Crippen LogP contribution is 2.37. The fourth-order valence-corrected chi connectivity index (χ4v) is 3.72. The maximum Gasteiger partial charge on any atom is 0.257 e. The van der Waals surface area contributed by atoms with Crippen LogP contribution in [0, 0.1) is 0 Å². The zero-order chi connectivity index (χ0) is 19.7. The molecule has 1 saturated heterocycles. The Morgan fingerprint density at radius 3 is 2.79 bits per heavy atom. The summed E-state index contributed by atoms with van der Waals surface area (Å²) in [6.07, 6.45) is 3.22. The van der Waals surface area contributed by atoms with Crippen LogP contribution in [0.2, 0.25) is 0 Å². The molecule has 4 rings (SSSR count). The molecule has 1 aliphatic heterocycles. The Balaban J connectivity index is 1.67. The summed E-state index contributed by atoms with van der Waals surface area (Å²) in [6, 6.07) is 11.6. The van der Waals surface area contributed by atoms with E-state index in [4.69, 9.17) is 19.6 Å². The lowest BCUT2D eigenvalue weighted by Crippen LogP contribution is -2.30. The number of likely N-dealkylation sites (tertiary alicyclic amines) is 1. The molecule has 3 heterocycles. The van der Waals surface area contributed by atoms with Gasteiger partial charge in [0.15, 0.2) is 0 Å². The van der Waals surface area contributed by atoms with Gasteiger partial charge in [-0.3, -0.25) is 4.79 Å². The first kappa shape index (κ1) is 18.5. The molecule has 1 atom stereocenters. The summed E-state index contributed by atoms with van der Waals surface area (Å²) in [7, 11) is 0. The molecule has 0 saturated carbocycles. The molecule has 1 unspecified atom stereocenters. The molecule has 2 N–H and O–H groups in total. The molecule has 1 amide bonds. The highest BCUT2D eigenvalue weighted by molar-refractivity contribution is 5.94. The molecule has 1 aromatic carbocycles. The van der Waals surface area contributed by atoms with Gasteiger partial charge < -0.3 is 19.5 Å². The molecule has 0 spiro atoms. The Morgan fingerprint density at radius 1 is 1.32 bits per heavy atom. The number of carbonyl (C=O) groups is 1. The van der Waals surface area contributed by atoms with E-state index >= 15 is 0 Å². The van der Waals surface area contributed by atoms with Gasteiger partial charge in [-0.1, -0.05) is 44.2 Å². The van der Waals surface area contributed by atoms with E-state index in [0.29, 0.717) is 23.8 Å². The topological polar surface area (TPSA) is 85.5 Å². The van der Waals surface area contributed by atoms with Crippen molar-refractivity contribution in [2.24, 2.45) is 5.73 Å². The molecule has 1 fully saturated rings. The average Bonchev–Trinajstić information content (AvgIpc) is 3.46. The zero-order valence-electron chi connectivity index (χ0n) is 16.2.